The number of pyridine rings is 1. The minimum atomic E-state index is -4.60. The molecule has 3 heterocycles. The lowest BCUT2D eigenvalue weighted by molar-refractivity contribution is -0.160. The Labute approximate surface area is 207 Å². The zero-order chi connectivity index (χ0) is 25.6. The van der Waals surface area contributed by atoms with Crippen LogP contribution in [0.25, 0.3) is 10.6 Å². The number of nitrogens with one attached hydrogen (secondary N) is 2. The van der Waals surface area contributed by atoms with Crippen LogP contribution in [-0.2, 0) is 4.79 Å². The molecule has 0 spiro atoms. The number of amides is 1. The van der Waals surface area contributed by atoms with E-state index in [0.717, 1.165) is 62.1 Å². The molecular formula is C23H21F4N5OS2. The normalized spacial score (nSPS) is 11.9. The van der Waals surface area contributed by atoms with Crippen LogP contribution in [-0.4, -0.2) is 27.5 Å². The van der Waals surface area contributed by atoms with Gasteiger partial charge in [0.25, 0.3) is 0 Å². The van der Waals surface area contributed by atoms with Crippen LogP contribution in [0.5, 0.6) is 0 Å². The molecular weight excluding hydrogens is 502 g/mol. The predicted molar refractivity (Wildman–Crippen MR) is 129 cm³/mol. The van der Waals surface area contributed by atoms with Crippen molar-refractivity contribution in [1.29, 1.82) is 0 Å². The summed E-state index contributed by atoms with van der Waals surface area (Å²) in [6.07, 6.45) is -2.80. The third kappa shape index (κ3) is 7.30. The number of anilines is 2. The number of hydrogen-bond acceptors (Lipinski definition) is 7. The number of nitrogens with zero attached hydrogens (tertiary/aromatic N) is 3. The maximum atomic E-state index is 12.5. The summed E-state index contributed by atoms with van der Waals surface area (Å²) in [7, 11) is 0. The number of hydrogen-bond donors (Lipinski definition) is 2. The van der Waals surface area contributed by atoms with Crippen LogP contribution < -0.4 is 10.6 Å². The second-order valence-electron chi connectivity index (χ2n) is 7.34. The smallest absolute Gasteiger partial charge is 0.343 e. The molecule has 2 N–H and O–H groups in total. The number of halogens is 4. The molecule has 184 valence electrons. The third-order valence-corrected chi connectivity index (χ3v) is 6.41. The first-order valence-corrected chi connectivity index (χ1v) is 11.9. The molecule has 1 aromatic carbocycles. The van der Waals surface area contributed by atoms with E-state index < -0.39 is 18.0 Å². The summed E-state index contributed by atoms with van der Waals surface area (Å²) in [5, 5.41) is 8.83. The second kappa shape index (κ2) is 11.4. The first kappa shape index (κ1) is 26.2. The monoisotopic (exact) mass is 523 g/mol. The molecule has 1 atom stereocenters. The Morgan fingerprint density at radius 2 is 1.74 bits per heavy atom. The first-order valence-electron chi connectivity index (χ1n) is 10.2. The van der Waals surface area contributed by atoms with Gasteiger partial charge < -0.3 is 10.6 Å². The molecule has 0 saturated heterocycles. The summed E-state index contributed by atoms with van der Waals surface area (Å²) in [6.45, 7) is 6.06. The number of rotatable bonds is 6. The quantitative estimate of drug-likeness (QED) is 0.223. The molecule has 6 nitrogen and oxygen atoms in total. The molecule has 0 aliphatic heterocycles. The van der Waals surface area contributed by atoms with Gasteiger partial charge in [0.15, 0.2) is 11.2 Å². The van der Waals surface area contributed by atoms with Gasteiger partial charge in [-0.2, -0.15) is 13.2 Å². The molecule has 1 amide bonds. The molecule has 3 aromatic heterocycles. The Morgan fingerprint density at radius 1 is 1.03 bits per heavy atom. The van der Waals surface area contributed by atoms with Gasteiger partial charge in [0.05, 0.1) is 21.3 Å². The van der Waals surface area contributed by atoms with Crippen LogP contribution in [0.2, 0.25) is 0 Å². The molecule has 12 heteroatoms. The van der Waals surface area contributed by atoms with E-state index in [9.17, 15) is 22.4 Å². The zero-order valence-corrected chi connectivity index (χ0v) is 20.5. The van der Waals surface area contributed by atoms with Crippen molar-refractivity contribution in [2.24, 2.45) is 0 Å². The van der Waals surface area contributed by atoms with Crippen molar-refractivity contribution >= 4 is 40.0 Å². The minimum Gasteiger partial charge on any atom is -0.343 e. The van der Waals surface area contributed by atoms with Crippen LogP contribution in [0.3, 0.4) is 0 Å². The lowest BCUT2D eigenvalue weighted by Gasteiger charge is -2.19. The highest BCUT2D eigenvalue weighted by atomic mass is 32.1. The summed E-state index contributed by atoms with van der Waals surface area (Å²) in [4.78, 5) is 24.5. The molecule has 35 heavy (non-hydrogen) atoms. The fourth-order valence-corrected chi connectivity index (χ4v) is 4.62. The number of alkyl halides is 3. The number of aryl methyl sites for hydroxylation is 3. The van der Waals surface area contributed by atoms with E-state index in [2.05, 4.69) is 25.6 Å². The van der Waals surface area contributed by atoms with Gasteiger partial charge in [-0.15, -0.1) is 22.7 Å². The number of thiazole rings is 2. The number of benzene rings is 1. The molecule has 1 unspecified atom stereocenters. The van der Waals surface area contributed by atoms with E-state index in [0.29, 0.717) is 0 Å². The topological polar surface area (TPSA) is 79.8 Å². The fraction of sp³-hybridized carbons (Fsp3) is 0.217. The van der Waals surface area contributed by atoms with E-state index in [-0.39, 0.29) is 12.0 Å². The Bertz CT molecular complexity index is 1250. The highest BCUT2D eigenvalue weighted by molar-refractivity contribution is 7.16. The molecule has 0 aliphatic rings. The summed E-state index contributed by atoms with van der Waals surface area (Å²) in [5.74, 6) is 0.180. The van der Waals surface area contributed by atoms with Gasteiger partial charge >= 0.3 is 6.18 Å². The number of carbonyl (C=O) groups excluding carboxylic acids is 1. The van der Waals surface area contributed by atoms with Crippen molar-refractivity contribution in [1.82, 2.24) is 20.3 Å². The standard InChI is InChI=1S/C14H14N4S2.C9H7F4NO/c1-8-4-5-12(15-6-8)18-14-17-11(7-19-14)13-9(2)16-10(3)20-13;10-7-3-1-6(2-4-7)8(14-5-15)9(11,12)13/h4-7H,1-3H3,(H,15,17,18);1-5,8H,(H,14,15). The zero-order valence-electron chi connectivity index (χ0n) is 18.9. The maximum absolute atomic E-state index is 12.5. The Kier molecular flexibility index (Phi) is 8.52. The highest BCUT2D eigenvalue weighted by Crippen LogP contribution is 2.33. The summed E-state index contributed by atoms with van der Waals surface area (Å²) >= 11 is 3.26. The largest absolute Gasteiger partial charge is 0.412 e. The third-order valence-electron chi connectivity index (χ3n) is 4.55. The van der Waals surface area contributed by atoms with E-state index in [1.165, 1.54) is 0 Å². The molecule has 0 aliphatic carbocycles. The molecule has 0 fully saturated rings. The van der Waals surface area contributed by atoms with E-state index in [1.54, 1.807) is 28.0 Å². The van der Waals surface area contributed by atoms with E-state index >= 15 is 0 Å². The average molecular weight is 524 g/mol. The van der Waals surface area contributed by atoms with Crippen molar-refractivity contribution in [3.05, 3.63) is 75.6 Å². The van der Waals surface area contributed by atoms with Gasteiger partial charge in [-0.05, 0) is 50.1 Å². The summed E-state index contributed by atoms with van der Waals surface area (Å²) in [6, 6.07) is 5.64. The van der Waals surface area contributed by atoms with Gasteiger partial charge in [-0.1, -0.05) is 18.2 Å². The average Bonchev–Trinajstić information content (AvgIpc) is 3.39. The minimum absolute atomic E-state index is 0.0402. The molecule has 4 aromatic rings. The van der Waals surface area contributed by atoms with Gasteiger partial charge in [-0.3, -0.25) is 4.79 Å². The number of aromatic nitrogens is 3. The predicted octanol–water partition coefficient (Wildman–Crippen LogP) is 6.51. The fourth-order valence-electron chi connectivity index (χ4n) is 2.96. The molecule has 0 saturated carbocycles. The lowest BCUT2D eigenvalue weighted by Crippen LogP contribution is -2.33. The highest BCUT2D eigenvalue weighted by Gasteiger charge is 2.40. The van der Waals surface area contributed by atoms with Gasteiger partial charge in [0.2, 0.25) is 6.41 Å². The molecule has 4 rings (SSSR count). The van der Waals surface area contributed by atoms with Gasteiger partial charge in [-0.25, -0.2) is 19.3 Å². The van der Waals surface area contributed by atoms with Crippen molar-refractivity contribution < 1.29 is 22.4 Å². The van der Waals surface area contributed by atoms with E-state index in [4.69, 9.17) is 0 Å². The van der Waals surface area contributed by atoms with Crippen LogP contribution in [0.1, 0.15) is 27.9 Å². The van der Waals surface area contributed by atoms with Gasteiger partial charge in [0, 0.05) is 11.6 Å². The maximum Gasteiger partial charge on any atom is 0.412 e. The van der Waals surface area contributed by atoms with Crippen LogP contribution >= 0.6 is 22.7 Å². The lowest BCUT2D eigenvalue weighted by atomic mass is 10.1. The summed E-state index contributed by atoms with van der Waals surface area (Å²) < 4.78 is 49.6. The molecule has 0 bridgehead atoms. The van der Waals surface area contributed by atoms with Crippen molar-refractivity contribution in [3.8, 4) is 10.6 Å². The SMILES string of the molecule is Cc1ccc(Nc2nc(-c3sc(C)nc3C)cs2)nc1.O=CNC(c1ccc(F)cc1)C(F)(F)F. The van der Waals surface area contributed by atoms with Crippen molar-refractivity contribution in [3.63, 3.8) is 0 Å². The van der Waals surface area contributed by atoms with Crippen LogP contribution in [0.15, 0.2) is 48.0 Å². The Morgan fingerprint density at radius 3 is 2.29 bits per heavy atom. The summed E-state index contributed by atoms with van der Waals surface area (Å²) in [5.41, 5.74) is 2.95. The molecule has 0 radical (unpaired) electrons. The first-order chi connectivity index (χ1) is 16.6. The second-order valence-corrected chi connectivity index (χ2v) is 9.40. The van der Waals surface area contributed by atoms with Gasteiger partial charge in [0.1, 0.15) is 11.6 Å². The number of carbonyl (C=O) groups is 1. The van der Waals surface area contributed by atoms with Crippen LogP contribution in [0.4, 0.5) is 28.5 Å². The van der Waals surface area contributed by atoms with Crippen LogP contribution in [0, 0.1) is 26.6 Å². The van der Waals surface area contributed by atoms with Crippen molar-refractivity contribution in [2.45, 2.75) is 33.0 Å². The Hall–Kier alpha value is -3.38. The van der Waals surface area contributed by atoms with E-state index in [1.807, 2.05) is 39.1 Å². The van der Waals surface area contributed by atoms with Crippen molar-refractivity contribution in [2.75, 3.05) is 5.32 Å². The Balaban J connectivity index is 0.000000205.